The minimum Gasteiger partial charge on any atom is -0.496 e. The lowest BCUT2D eigenvalue weighted by Gasteiger charge is -2.19. The van der Waals surface area contributed by atoms with Crippen LogP contribution in [-0.4, -0.2) is 24.9 Å². The molecular formula is C14H17BrClNO2. The third kappa shape index (κ3) is 3.42. The monoisotopic (exact) mass is 345 g/mol. The van der Waals surface area contributed by atoms with E-state index in [1.807, 2.05) is 6.07 Å². The quantitative estimate of drug-likeness (QED) is 0.846. The highest BCUT2D eigenvalue weighted by molar-refractivity contribution is 9.10. The number of rotatable bonds is 4. The molecule has 1 aliphatic rings. The number of ether oxygens (including phenoxy) is 1. The first-order valence-corrected chi connectivity index (χ1v) is 7.69. The van der Waals surface area contributed by atoms with Gasteiger partial charge in [-0.1, -0.05) is 22.4 Å². The van der Waals surface area contributed by atoms with Crippen LogP contribution in [0.15, 0.2) is 22.7 Å². The molecule has 5 heteroatoms. The number of carbonyl (C=O) groups excluding carboxylic acids is 1. The highest BCUT2D eigenvalue weighted by Gasteiger charge is 2.28. The number of nitrogens with one attached hydrogen (secondary N) is 1. The molecule has 1 aromatic rings. The molecule has 1 amide bonds. The number of methoxy groups -OCH3 is 1. The molecule has 1 saturated carbocycles. The lowest BCUT2D eigenvalue weighted by atomic mass is 10.1. The highest BCUT2D eigenvalue weighted by atomic mass is 79.9. The van der Waals surface area contributed by atoms with Crippen molar-refractivity contribution in [1.82, 2.24) is 5.32 Å². The van der Waals surface area contributed by atoms with Gasteiger partial charge in [-0.2, -0.15) is 0 Å². The van der Waals surface area contributed by atoms with Crippen LogP contribution in [0.5, 0.6) is 5.75 Å². The summed E-state index contributed by atoms with van der Waals surface area (Å²) in [7, 11) is 1.57. The number of hydrogen-bond donors (Lipinski definition) is 1. The summed E-state index contributed by atoms with van der Waals surface area (Å²) in [6.07, 6.45) is 3.22. The highest BCUT2D eigenvalue weighted by Crippen LogP contribution is 2.28. The van der Waals surface area contributed by atoms with E-state index in [-0.39, 0.29) is 11.9 Å². The molecule has 0 aromatic heterocycles. The molecule has 0 saturated heterocycles. The standard InChI is InChI=1S/C14H17BrClNO2/c1-19-13-7-10(15)5-6-11(13)14(18)17-12-4-2-3-9(12)8-16/h5-7,9,12H,2-4,8H2,1H3,(H,17,18). The van der Waals surface area contributed by atoms with Gasteiger partial charge in [0.15, 0.2) is 0 Å². The fourth-order valence-electron chi connectivity index (χ4n) is 2.51. The van der Waals surface area contributed by atoms with Crippen molar-refractivity contribution in [3.63, 3.8) is 0 Å². The normalized spacial score (nSPS) is 22.3. The molecule has 1 aromatic carbocycles. The minimum atomic E-state index is -0.0913. The molecule has 3 nitrogen and oxygen atoms in total. The first-order chi connectivity index (χ1) is 9.15. The molecule has 1 N–H and O–H groups in total. The fraction of sp³-hybridized carbons (Fsp3) is 0.500. The lowest BCUT2D eigenvalue weighted by Crippen LogP contribution is -2.38. The van der Waals surface area contributed by atoms with Crippen LogP contribution < -0.4 is 10.1 Å². The van der Waals surface area contributed by atoms with E-state index in [1.54, 1.807) is 19.2 Å². The van der Waals surface area contributed by atoms with Gasteiger partial charge in [0.05, 0.1) is 12.7 Å². The number of amides is 1. The summed E-state index contributed by atoms with van der Waals surface area (Å²) < 4.78 is 6.14. The second-order valence-electron chi connectivity index (χ2n) is 4.77. The lowest BCUT2D eigenvalue weighted by molar-refractivity contribution is 0.0927. The van der Waals surface area contributed by atoms with E-state index in [4.69, 9.17) is 16.3 Å². The molecule has 19 heavy (non-hydrogen) atoms. The van der Waals surface area contributed by atoms with Gasteiger partial charge in [-0.25, -0.2) is 0 Å². The molecule has 104 valence electrons. The Morgan fingerprint density at radius 3 is 3.00 bits per heavy atom. The van der Waals surface area contributed by atoms with Crippen molar-refractivity contribution in [2.45, 2.75) is 25.3 Å². The molecule has 0 aliphatic heterocycles. The van der Waals surface area contributed by atoms with Gasteiger partial charge in [-0.15, -0.1) is 11.6 Å². The van der Waals surface area contributed by atoms with Crippen LogP contribution >= 0.6 is 27.5 Å². The Morgan fingerprint density at radius 1 is 1.53 bits per heavy atom. The maximum atomic E-state index is 12.3. The third-order valence-electron chi connectivity index (χ3n) is 3.58. The van der Waals surface area contributed by atoms with E-state index in [0.29, 0.717) is 23.1 Å². The number of alkyl halides is 1. The van der Waals surface area contributed by atoms with Gasteiger partial charge in [0, 0.05) is 16.4 Å². The zero-order chi connectivity index (χ0) is 13.8. The molecule has 0 spiro atoms. The van der Waals surface area contributed by atoms with Gasteiger partial charge in [0.1, 0.15) is 5.75 Å². The Kier molecular flexibility index (Phi) is 5.11. The van der Waals surface area contributed by atoms with Crippen LogP contribution in [0, 0.1) is 5.92 Å². The Balaban J connectivity index is 2.11. The van der Waals surface area contributed by atoms with Gasteiger partial charge in [0.25, 0.3) is 5.91 Å². The summed E-state index contributed by atoms with van der Waals surface area (Å²) in [6.45, 7) is 0. The zero-order valence-electron chi connectivity index (χ0n) is 10.8. The molecule has 2 unspecified atom stereocenters. The average Bonchev–Trinajstić information content (AvgIpc) is 2.85. The van der Waals surface area contributed by atoms with Crippen molar-refractivity contribution < 1.29 is 9.53 Å². The second-order valence-corrected chi connectivity index (χ2v) is 5.99. The van der Waals surface area contributed by atoms with Gasteiger partial charge in [-0.3, -0.25) is 4.79 Å². The van der Waals surface area contributed by atoms with Gasteiger partial charge in [-0.05, 0) is 37.0 Å². The Morgan fingerprint density at radius 2 is 2.32 bits per heavy atom. The van der Waals surface area contributed by atoms with E-state index < -0.39 is 0 Å². The van der Waals surface area contributed by atoms with E-state index >= 15 is 0 Å². The molecule has 0 bridgehead atoms. The fourth-order valence-corrected chi connectivity index (χ4v) is 3.22. The van der Waals surface area contributed by atoms with Crippen LogP contribution in [0.2, 0.25) is 0 Å². The van der Waals surface area contributed by atoms with Gasteiger partial charge in [0.2, 0.25) is 0 Å². The van der Waals surface area contributed by atoms with Crippen LogP contribution in [0.4, 0.5) is 0 Å². The molecule has 2 atom stereocenters. The summed E-state index contributed by atoms with van der Waals surface area (Å²) in [6, 6.07) is 5.58. The number of benzene rings is 1. The minimum absolute atomic E-state index is 0.0913. The molecule has 1 aliphatic carbocycles. The van der Waals surface area contributed by atoms with Crippen molar-refractivity contribution in [3.05, 3.63) is 28.2 Å². The average molecular weight is 347 g/mol. The van der Waals surface area contributed by atoms with Crippen molar-refractivity contribution in [3.8, 4) is 5.75 Å². The Hall–Kier alpha value is -0.740. The number of hydrogen-bond acceptors (Lipinski definition) is 2. The van der Waals surface area contributed by atoms with E-state index in [0.717, 1.165) is 23.7 Å². The molecule has 0 radical (unpaired) electrons. The largest absolute Gasteiger partial charge is 0.496 e. The first-order valence-electron chi connectivity index (χ1n) is 6.36. The van der Waals surface area contributed by atoms with Crippen LogP contribution in [0.25, 0.3) is 0 Å². The molecule has 1 fully saturated rings. The molecule has 0 heterocycles. The second kappa shape index (κ2) is 6.62. The number of carbonyl (C=O) groups is 1. The van der Waals surface area contributed by atoms with Crippen molar-refractivity contribution in [2.24, 2.45) is 5.92 Å². The summed E-state index contributed by atoms with van der Waals surface area (Å²) in [5, 5.41) is 3.07. The van der Waals surface area contributed by atoms with Crippen molar-refractivity contribution >= 4 is 33.4 Å². The van der Waals surface area contributed by atoms with E-state index in [1.165, 1.54) is 0 Å². The Bertz CT molecular complexity index is 467. The topological polar surface area (TPSA) is 38.3 Å². The zero-order valence-corrected chi connectivity index (χ0v) is 13.1. The molecular weight excluding hydrogens is 330 g/mol. The maximum Gasteiger partial charge on any atom is 0.255 e. The summed E-state index contributed by atoms with van der Waals surface area (Å²) in [5.74, 6) is 1.47. The van der Waals surface area contributed by atoms with Crippen molar-refractivity contribution in [2.75, 3.05) is 13.0 Å². The number of halogens is 2. The van der Waals surface area contributed by atoms with Crippen LogP contribution in [0.3, 0.4) is 0 Å². The third-order valence-corrected chi connectivity index (χ3v) is 4.47. The summed E-state index contributed by atoms with van der Waals surface area (Å²) in [4.78, 5) is 12.3. The van der Waals surface area contributed by atoms with Crippen LogP contribution in [0.1, 0.15) is 29.6 Å². The summed E-state index contributed by atoms with van der Waals surface area (Å²) in [5.41, 5.74) is 0.561. The van der Waals surface area contributed by atoms with Gasteiger partial charge >= 0.3 is 0 Å². The maximum absolute atomic E-state index is 12.3. The van der Waals surface area contributed by atoms with Crippen molar-refractivity contribution in [1.29, 1.82) is 0 Å². The molecule has 2 rings (SSSR count). The smallest absolute Gasteiger partial charge is 0.255 e. The Labute approximate surface area is 126 Å². The first kappa shape index (κ1) is 14.7. The van der Waals surface area contributed by atoms with Gasteiger partial charge < -0.3 is 10.1 Å². The predicted octanol–water partition coefficient (Wildman–Crippen LogP) is 3.60. The SMILES string of the molecule is COc1cc(Br)ccc1C(=O)NC1CCCC1CCl. The van der Waals surface area contributed by atoms with E-state index in [9.17, 15) is 4.79 Å². The predicted molar refractivity (Wildman–Crippen MR) is 80.0 cm³/mol. The van der Waals surface area contributed by atoms with Crippen LogP contribution in [-0.2, 0) is 0 Å². The summed E-state index contributed by atoms with van der Waals surface area (Å²) >= 11 is 9.30. The van der Waals surface area contributed by atoms with E-state index in [2.05, 4.69) is 21.2 Å².